The van der Waals surface area contributed by atoms with Crippen molar-refractivity contribution in [1.82, 2.24) is 5.32 Å². The summed E-state index contributed by atoms with van der Waals surface area (Å²) in [5.41, 5.74) is -0.734. The second kappa shape index (κ2) is 4.28. The molecule has 0 aromatic heterocycles. The van der Waals surface area contributed by atoms with E-state index in [1.165, 1.54) is 0 Å². The zero-order valence-electron chi connectivity index (χ0n) is 8.19. The third-order valence-electron chi connectivity index (χ3n) is 2.81. The van der Waals surface area contributed by atoms with Gasteiger partial charge in [-0.2, -0.15) is 0 Å². The van der Waals surface area contributed by atoms with E-state index in [0.717, 1.165) is 0 Å². The standard InChI is InChI=1S/C11H12Cl2FN/c12-8-1-2-9(10(13)7-8)11(14)3-5-15-6-4-11/h1-2,7,15H,3-6H2. The normalized spacial score (nSPS) is 20.2. The van der Waals surface area contributed by atoms with Gasteiger partial charge in [0, 0.05) is 15.6 Å². The van der Waals surface area contributed by atoms with Crippen LogP contribution in [0.15, 0.2) is 18.2 Å². The Morgan fingerprint density at radius 1 is 1.20 bits per heavy atom. The lowest BCUT2D eigenvalue weighted by Gasteiger charge is -2.31. The Morgan fingerprint density at radius 2 is 1.87 bits per heavy atom. The van der Waals surface area contributed by atoms with Crippen LogP contribution < -0.4 is 5.32 Å². The van der Waals surface area contributed by atoms with Gasteiger partial charge in [0.05, 0.1) is 0 Å². The van der Waals surface area contributed by atoms with Crippen molar-refractivity contribution in [2.45, 2.75) is 18.5 Å². The molecule has 1 aromatic rings. The van der Waals surface area contributed by atoms with E-state index in [1.54, 1.807) is 18.2 Å². The summed E-state index contributed by atoms with van der Waals surface area (Å²) in [6.45, 7) is 1.38. The highest BCUT2D eigenvalue weighted by molar-refractivity contribution is 6.35. The summed E-state index contributed by atoms with van der Waals surface area (Å²) in [6, 6.07) is 4.98. The molecule has 1 heterocycles. The molecule has 4 heteroatoms. The lowest BCUT2D eigenvalue weighted by molar-refractivity contribution is 0.115. The first kappa shape index (κ1) is 11.2. The fraction of sp³-hybridized carbons (Fsp3) is 0.455. The zero-order valence-corrected chi connectivity index (χ0v) is 9.71. The highest BCUT2D eigenvalue weighted by Gasteiger charge is 2.35. The van der Waals surface area contributed by atoms with Gasteiger partial charge in [0.1, 0.15) is 5.67 Å². The van der Waals surface area contributed by atoms with Crippen LogP contribution in [-0.2, 0) is 5.67 Å². The van der Waals surface area contributed by atoms with E-state index in [2.05, 4.69) is 5.32 Å². The molecular weight excluding hydrogens is 236 g/mol. The maximum atomic E-state index is 14.5. The molecule has 0 aliphatic carbocycles. The van der Waals surface area contributed by atoms with Gasteiger partial charge in [-0.05, 0) is 38.1 Å². The van der Waals surface area contributed by atoms with Crippen LogP contribution in [0.5, 0.6) is 0 Å². The van der Waals surface area contributed by atoms with Gasteiger partial charge < -0.3 is 5.32 Å². The van der Waals surface area contributed by atoms with Gasteiger partial charge in [-0.25, -0.2) is 4.39 Å². The van der Waals surface area contributed by atoms with Gasteiger partial charge >= 0.3 is 0 Å². The molecule has 0 unspecified atom stereocenters. The zero-order chi connectivity index (χ0) is 10.9. The fourth-order valence-corrected chi connectivity index (χ4v) is 2.52. The molecule has 1 aliphatic rings. The Balaban J connectivity index is 2.35. The Labute approximate surface area is 98.6 Å². The number of nitrogens with one attached hydrogen (secondary N) is 1. The average Bonchev–Trinajstić information content (AvgIpc) is 2.18. The molecule has 1 nitrogen and oxygen atoms in total. The van der Waals surface area contributed by atoms with Crippen molar-refractivity contribution in [3.63, 3.8) is 0 Å². The second-order valence-corrected chi connectivity index (χ2v) is 4.68. The molecular formula is C11H12Cl2FN. The first-order valence-corrected chi connectivity index (χ1v) is 5.73. The first-order valence-electron chi connectivity index (χ1n) is 4.97. The summed E-state index contributed by atoms with van der Waals surface area (Å²) in [7, 11) is 0. The van der Waals surface area contributed by atoms with Gasteiger partial charge in [-0.3, -0.25) is 0 Å². The van der Waals surface area contributed by atoms with Gasteiger partial charge in [0.15, 0.2) is 0 Å². The third kappa shape index (κ3) is 2.27. The number of benzene rings is 1. The van der Waals surface area contributed by atoms with Crippen molar-refractivity contribution in [2.75, 3.05) is 13.1 Å². The predicted octanol–water partition coefficient (Wildman–Crippen LogP) is 3.54. The molecule has 1 saturated heterocycles. The van der Waals surface area contributed by atoms with Crippen LogP contribution in [-0.4, -0.2) is 13.1 Å². The number of hydrogen-bond acceptors (Lipinski definition) is 1. The molecule has 1 N–H and O–H groups in total. The summed E-state index contributed by atoms with van der Waals surface area (Å²) in [5, 5.41) is 4.10. The molecule has 2 rings (SSSR count). The Morgan fingerprint density at radius 3 is 2.47 bits per heavy atom. The predicted molar refractivity (Wildman–Crippen MR) is 61.4 cm³/mol. The van der Waals surface area contributed by atoms with Crippen molar-refractivity contribution < 1.29 is 4.39 Å². The van der Waals surface area contributed by atoms with Crippen LogP contribution in [0, 0.1) is 0 Å². The molecule has 0 bridgehead atoms. The van der Waals surface area contributed by atoms with E-state index in [9.17, 15) is 4.39 Å². The highest BCUT2D eigenvalue weighted by Crippen LogP contribution is 2.39. The van der Waals surface area contributed by atoms with E-state index in [4.69, 9.17) is 23.2 Å². The lowest BCUT2D eigenvalue weighted by atomic mass is 9.87. The van der Waals surface area contributed by atoms with E-state index in [-0.39, 0.29) is 0 Å². The van der Waals surface area contributed by atoms with Crippen LogP contribution in [0.3, 0.4) is 0 Å². The molecule has 0 spiro atoms. The van der Waals surface area contributed by atoms with Crippen molar-refractivity contribution in [1.29, 1.82) is 0 Å². The topological polar surface area (TPSA) is 12.0 Å². The summed E-state index contributed by atoms with van der Waals surface area (Å²) in [4.78, 5) is 0. The molecule has 1 aliphatic heterocycles. The van der Waals surface area contributed by atoms with Crippen molar-refractivity contribution in [3.05, 3.63) is 33.8 Å². The molecule has 0 radical (unpaired) electrons. The molecule has 1 fully saturated rings. The van der Waals surface area contributed by atoms with E-state index in [0.29, 0.717) is 41.5 Å². The maximum Gasteiger partial charge on any atom is 0.139 e. The van der Waals surface area contributed by atoms with E-state index < -0.39 is 5.67 Å². The van der Waals surface area contributed by atoms with Crippen molar-refractivity contribution >= 4 is 23.2 Å². The van der Waals surface area contributed by atoms with E-state index in [1.807, 2.05) is 0 Å². The van der Waals surface area contributed by atoms with Crippen LogP contribution in [0.4, 0.5) is 4.39 Å². The summed E-state index contributed by atoms with van der Waals surface area (Å²) >= 11 is 11.8. The number of rotatable bonds is 1. The summed E-state index contributed by atoms with van der Waals surface area (Å²) < 4.78 is 14.5. The van der Waals surface area contributed by atoms with Gasteiger partial charge in [0.25, 0.3) is 0 Å². The molecule has 15 heavy (non-hydrogen) atoms. The smallest absolute Gasteiger partial charge is 0.139 e. The molecule has 0 saturated carbocycles. The minimum absolute atomic E-state index is 0.423. The minimum atomic E-state index is -1.30. The second-order valence-electron chi connectivity index (χ2n) is 3.84. The monoisotopic (exact) mass is 247 g/mol. The van der Waals surface area contributed by atoms with Gasteiger partial charge in [-0.15, -0.1) is 0 Å². The maximum absolute atomic E-state index is 14.5. The SMILES string of the molecule is FC1(c2ccc(Cl)cc2Cl)CCNCC1. The largest absolute Gasteiger partial charge is 0.316 e. The molecule has 1 aromatic carbocycles. The number of piperidine rings is 1. The van der Waals surface area contributed by atoms with E-state index >= 15 is 0 Å². The van der Waals surface area contributed by atoms with Crippen LogP contribution >= 0.6 is 23.2 Å². The van der Waals surface area contributed by atoms with Crippen LogP contribution in [0.2, 0.25) is 10.0 Å². The van der Waals surface area contributed by atoms with Gasteiger partial charge in [-0.1, -0.05) is 29.3 Å². The molecule has 0 amide bonds. The number of halogens is 3. The quantitative estimate of drug-likeness (QED) is 0.801. The summed E-state index contributed by atoms with van der Waals surface area (Å²) in [6.07, 6.45) is 0.933. The molecule has 0 atom stereocenters. The minimum Gasteiger partial charge on any atom is -0.316 e. The Kier molecular flexibility index (Phi) is 3.19. The highest BCUT2D eigenvalue weighted by atomic mass is 35.5. The lowest BCUT2D eigenvalue weighted by Crippen LogP contribution is -2.36. The van der Waals surface area contributed by atoms with Crippen molar-refractivity contribution in [3.8, 4) is 0 Å². The van der Waals surface area contributed by atoms with Crippen molar-refractivity contribution in [2.24, 2.45) is 0 Å². The number of alkyl halides is 1. The fourth-order valence-electron chi connectivity index (χ4n) is 1.95. The van der Waals surface area contributed by atoms with Crippen LogP contribution in [0.25, 0.3) is 0 Å². The van der Waals surface area contributed by atoms with Gasteiger partial charge in [0.2, 0.25) is 0 Å². The summed E-state index contributed by atoms with van der Waals surface area (Å²) in [5.74, 6) is 0. The first-order chi connectivity index (χ1) is 7.12. The Hall–Kier alpha value is -0.310. The number of hydrogen-bond donors (Lipinski definition) is 1. The molecule has 82 valence electrons. The Bertz CT molecular complexity index is 362. The third-order valence-corrected chi connectivity index (χ3v) is 3.36. The van der Waals surface area contributed by atoms with Crippen LogP contribution in [0.1, 0.15) is 18.4 Å². The average molecular weight is 248 g/mol.